The fraction of sp³-hybridized carbons (Fsp3) is 0.222. The third kappa shape index (κ3) is 2.46. The zero-order valence-corrected chi connectivity index (χ0v) is 19.0. The Morgan fingerprint density at radius 1 is 0.857 bits per heavy atom. The Kier molecular flexibility index (Phi) is 4.29. The van der Waals surface area contributed by atoms with Gasteiger partial charge >= 0.3 is 6.18 Å². The van der Waals surface area contributed by atoms with E-state index in [2.05, 4.69) is 0 Å². The second kappa shape index (κ2) is 6.82. The number of carbonyl (C=O) groups excluding carboxylic acids is 3. The van der Waals surface area contributed by atoms with Gasteiger partial charge in [0.25, 0.3) is 0 Å². The van der Waals surface area contributed by atoms with E-state index >= 15 is 0 Å². The van der Waals surface area contributed by atoms with E-state index in [1.807, 2.05) is 31.2 Å². The maximum atomic E-state index is 13.9. The first-order chi connectivity index (χ1) is 16.6. The van der Waals surface area contributed by atoms with Gasteiger partial charge in [0.15, 0.2) is 0 Å². The predicted molar refractivity (Wildman–Crippen MR) is 122 cm³/mol. The van der Waals surface area contributed by atoms with Gasteiger partial charge in [-0.3, -0.25) is 9.59 Å². The summed E-state index contributed by atoms with van der Waals surface area (Å²) in [7, 11) is 0. The summed E-state index contributed by atoms with van der Waals surface area (Å²) in [4.78, 5) is 41.7. The van der Waals surface area contributed by atoms with Crippen molar-refractivity contribution in [3.63, 3.8) is 0 Å². The lowest BCUT2D eigenvalue weighted by Gasteiger charge is -2.56. The second-order valence-corrected chi connectivity index (χ2v) is 9.82. The zero-order chi connectivity index (χ0) is 24.9. The number of amides is 2. The Morgan fingerprint density at radius 2 is 1.37 bits per heavy atom. The van der Waals surface area contributed by atoms with Crippen molar-refractivity contribution in [2.24, 2.45) is 11.8 Å². The van der Waals surface area contributed by atoms with Crippen molar-refractivity contribution in [2.45, 2.75) is 23.9 Å². The first kappa shape index (κ1) is 22.0. The molecular formula is C27H17ClF3NO3. The third-order valence-electron chi connectivity index (χ3n) is 7.98. The number of carbonyl (C=O) groups is 3. The van der Waals surface area contributed by atoms with Crippen LogP contribution in [0.2, 0.25) is 5.02 Å². The lowest BCUT2D eigenvalue weighted by Crippen LogP contribution is -2.61. The molecule has 2 bridgehead atoms. The van der Waals surface area contributed by atoms with Crippen LogP contribution in [0.15, 0.2) is 66.7 Å². The van der Waals surface area contributed by atoms with Crippen LogP contribution in [0.3, 0.4) is 0 Å². The van der Waals surface area contributed by atoms with Crippen LogP contribution < -0.4 is 4.90 Å². The van der Waals surface area contributed by atoms with Crippen LogP contribution in [-0.2, 0) is 31.4 Å². The third-order valence-corrected chi connectivity index (χ3v) is 8.31. The highest BCUT2D eigenvalue weighted by atomic mass is 35.5. The Balaban J connectivity index is 1.63. The molecule has 4 aliphatic rings. The summed E-state index contributed by atoms with van der Waals surface area (Å²) in [5.74, 6) is -3.38. The summed E-state index contributed by atoms with van der Waals surface area (Å²) < 4.78 is 40.7. The molecule has 0 spiro atoms. The molecule has 1 aliphatic heterocycles. The monoisotopic (exact) mass is 495 g/mol. The average molecular weight is 496 g/mol. The average Bonchev–Trinajstić information content (AvgIpc) is 3.11. The number of benzene rings is 3. The Hall–Kier alpha value is -3.45. The van der Waals surface area contributed by atoms with Gasteiger partial charge in [-0.15, -0.1) is 0 Å². The van der Waals surface area contributed by atoms with E-state index in [-0.39, 0.29) is 5.69 Å². The predicted octanol–water partition coefficient (Wildman–Crippen LogP) is 5.28. The van der Waals surface area contributed by atoms with Gasteiger partial charge in [0.05, 0.1) is 33.5 Å². The van der Waals surface area contributed by atoms with Crippen LogP contribution in [0.25, 0.3) is 0 Å². The van der Waals surface area contributed by atoms with Gasteiger partial charge in [0.2, 0.25) is 11.8 Å². The molecule has 8 heteroatoms. The molecule has 0 unspecified atom stereocenters. The van der Waals surface area contributed by atoms with Crippen LogP contribution in [0.5, 0.6) is 0 Å². The Bertz CT molecular complexity index is 1420. The lowest BCUT2D eigenvalue weighted by atomic mass is 9.42. The van der Waals surface area contributed by atoms with Crippen molar-refractivity contribution in [2.75, 3.05) is 4.90 Å². The van der Waals surface area contributed by atoms with E-state index in [1.54, 1.807) is 24.3 Å². The lowest BCUT2D eigenvalue weighted by molar-refractivity contribution is -0.137. The van der Waals surface area contributed by atoms with E-state index < -0.39 is 51.2 Å². The van der Waals surface area contributed by atoms with E-state index in [4.69, 9.17) is 11.6 Å². The van der Waals surface area contributed by atoms with E-state index in [9.17, 15) is 27.6 Å². The van der Waals surface area contributed by atoms with Crippen molar-refractivity contribution >= 4 is 35.4 Å². The molecule has 2 amide bonds. The number of hydrogen-bond donors (Lipinski definition) is 0. The molecule has 0 radical (unpaired) electrons. The van der Waals surface area contributed by atoms with Gasteiger partial charge in [-0.1, -0.05) is 67.1 Å². The summed E-state index contributed by atoms with van der Waals surface area (Å²) in [6.07, 6.45) is -4.05. The van der Waals surface area contributed by atoms with E-state index in [1.165, 1.54) is 6.07 Å². The maximum Gasteiger partial charge on any atom is 0.417 e. The molecule has 0 saturated carbocycles. The number of nitrogens with zero attached hydrogens (tertiary/aromatic N) is 1. The van der Waals surface area contributed by atoms with Crippen molar-refractivity contribution in [3.8, 4) is 0 Å². The van der Waals surface area contributed by atoms with Crippen LogP contribution in [0.1, 0.15) is 34.7 Å². The molecule has 1 fully saturated rings. The molecule has 3 aromatic carbocycles. The van der Waals surface area contributed by atoms with Crippen molar-refractivity contribution in [1.29, 1.82) is 0 Å². The standard InChI is InChI=1S/C27H17ClF3NO3/c1-25-15-6-2-4-8-17(15)26(13-33,18-9-5-3-7-16(18)25)22-21(25)23(34)32(24(22)35)14-10-11-20(28)19(12-14)27(29,30)31/h2-13,21-22H,1H3/t21-,22-,25?,26?/m1/s1. The number of alkyl halides is 3. The molecule has 176 valence electrons. The molecule has 0 N–H and O–H groups in total. The maximum absolute atomic E-state index is 13.9. The quantitative estimate of drug-likeness (QED) is 0.359. The highest BCUT2D eigenvalue weighted by Crippen LogP contribution is 2.66. The number of aldehydes is 1. The second-order valence-electron chi connectivity index (χ2n) is 9.41. The number of rotatable bonds is 2. The molecule has 0 aromatic heterocycles. The minimum absolute atomic E-state index is 0.219. The van der Waals surface area contributed by atoms with Crippen LogP contribution in [-0.4, -0.2) is 18.1 Å². The topological polar surface area (TPSA) is 54.5 Å². The molecule has 3 aromatic rings. The summed E-state index contributed by atoms with van der Waals surface area (Å²) in [6, 6.07) is 17.4. The fourth-order valence-electron chi connectivity index (χ4n) is 6.59. The smallest absolute Gasteiger partial charge is 0.302 e. The van der Waals surface area contributed by atoms with Crippen molar-refractivity contribution in [3.05, 3.63) is 99.6 Å². The Morgan fingerprint density at radius 3 is 1.89 bits per heavy atom. The first-order valence-corrected chi connectivity index (χ1v) is 11.4. The first-order valence-electron chi connectivity index (χ1n) is 11.0. The highest BCUT2D eigenvalue weighted by molar-refractivity contribution is 6.32. The highest BCUT2D eigenvalue weighted by Gasteiger charge is 2.72. The molecule has 35 heavy (non-hydrogen) atoms. The Labute approximate surface area is 203 Å². The van der Waals surface area contributed by atoms with Gasteiger partial charge in [-0.2, -0.15) is 13.2 Å². The van der Waals surface area contributed by atoms with Crippen molar-refractivity contribution in [1.82, 2.24) is 0 Å². The molecular weight excluding hydrogens is 479 g/mol. The van der Waals surface area contributed by atoms with Crippen LogP contribution in [0, 0.1) is 11.8 Å². The summed E-state index contributed by atoms with van der Waals surface area (Å²) in [5.41, 5.74) is -0.926. The minimum Gasteiger partial charge on any atom is -0.302 e. The molecule has 1 saturated heterocycles. The summed E-state index contributed by atoms with van der Waals surface area (Å²) in [5, 5.41) is -0.533. The van der Waals surface area contributed by atoms with Crippen LogP contribution >= 0.6 is 11.6 Å². The van der Waals surface area contributed by atoms with Crippen molar-refractivity contribution < 1.29 is 27.6 Å². The summed E-state index contributed by atoms with van der Waals surface area (Å²) >= 11 is 5.77. The van der Waals surface area contributed by atoms with Crippen LogP contribution in [0.4, 0.5) is 18.9 Å². The minimum atomic E-state index is -4.77. The number of imide groups is 1. The number of hydrogen-bond acceptors (Lipinski definition) is 3. The largest absolute Gasteiger partial charge is 0.417 e. The molecule has 4 nitrogen and oxygen atoms in total. The normalized spacial score (nSPS) is 28.5. The SMILES string of the molecule is CC12c3ccccc3C(C=O)(c3ccccc31)[C@H]1C(=O)N(c3ccc(Cl)c(C(F)(F)F)c3)C(=O)[C@@H]12. The molecule has 2 atom stereocenters. The number of anilines is 1. The molecule has 3 aliphatic carbocycles. The van der Waals surface area contributed by atoms with Gasteiger partial charge in [0.1, 0.15) is 6.29 Å². The molecule has 1 heterocycles. The number of halogens is 4. The van der Waals surface area contributed by atoms with E-state index in [0.29, 0.717) is 17.2 Å². The van der Waals surface area contributed by atoms with Gasteiger partial charge in [-0.05, 0) is 40.5 Å². The van der Waals surface area contributed by atoms with E-state index in [0.717, 1.165) is 28.4 Å². The summed E-state index contributed by atoms with van der Waals surface area (Å²) in [6.45, 7) is 1.87. The van der Waals surface area contributed by atoms with Gasteiger partial charge < -0.3 is 4.79 Å². The molecule has 7 rings (SSSR count). The van der Waals surface area contributed by atoms with Gasteiger partial charge in [-0.25, -0.2) is 4.90 Å². The zero-order valence-electron chi connectivity index (χ0n) is 18.3. The fourth-order valence-corrected chi connectivity index (χ4v) is 6.81. The van der Waals surface area contributed by atoms with Gasteiger partial charge in [0, 0.05) is 5.41 Å².